The Hall–Kier alpha value is -1.45. The third-order valence-corrected chi connectivity index (χ3v) is 2.64. The molecule has 1 atom stereocenters. The number of halogens is 2. The summed E-state index contributed by atoms with van der Waals surface area (Å²) in [7, 11) is 0. The van der Waals surface area contributed by atoms with Crippen LogP contribution in [0.25, 0.3) is 16.8 Å². The predicted molar refractivity (Wildman–Crippen MR) is 71.7 cm³/mol. The van der Waals surface area contributed by atoms with Crippen molar-refractivity contribution in [2.45, 2.75) is 13.0 Å². The number of hydrogen-bond donors (Lipinski definition) is 1. The zero-order valence-electron chi connectivity index (χ0n) is 9.48. The molecule has 0 saturated carbocycles. The van der Waals surface area contributed by atoms with E-state index in [1.54, 1.807) is 24.7 Å². The molecule has 0 aliphatic rings. The quantitative estimate of drug-likeness (QED) is 0.840. The Morgan fingerprint density at radius 3 is 2.76 bits per heavy atom. The summed E-state index contributed by atoms with van der Waals surface area (Å²) < 4.78 is 12.3. The van der Waals surface area contributed by atoms with Gasteiger partial charge in [-0.2, -0.15) is 5.54 Å². The largest absolute Gasteiger partial charge is 0.256 e. The van der Waals surface area contributed by atoms with Crippen LogP contribution in [0.3, 0.4) is 0 Å². The molecule has 17 heavy (non-hydrogen) atoms. The number of pyridine rings is 1. The summed E-state index contributed by atoms with van der Waals surface area (Å²) in [4.78, 5) is 4.21. The molecule has 2 rings (SSSR count). The van der Waals surface area contributed by atoms with Crippen LogP contribution in [-0.4, -0.2) is 4.98 Å². The van der Waals surface area contributed by atoms with Crippen molar-refractivity contribution in [3.05, 3.63) is 48.3 Å². The van der Waals surface area contributed by atoms with E-state index in [1.807, 2.05) is 24.3 Å². The molecule has 2 aromatic rings. The van der Waals surface area contributed by atoms with Gasteiger partial charge in [0.05, 0.1) is 11.7 Å². The van der Waals surface area contributed by atoms with Gasteiger partial charge < -0.3 is 0 Å². The van der Waals surface area contributed by atoms with Crippen LogP contribution in [0.4, 0.5) is 4.48 Å². The highest BCUT2D eigenvalue weighted by Gasteiger charge is 2.05. The number of fused-ring (bicyclic) bond motifs is 1. The second-order valence-electron chi connectivity index (χ2n) is 3.75. The molecule has 0 aliphatic carbocycles. The van der Waals surface area contributed by atoms with Crippen LogP contribution in [0.2, 0.25) is 0 Å². The number of hydrogen-bond acceptors (Lipinski definition) is 2. The molecule has 1 unspecified atom stereocenters. The molecule has 0 amide bonds. The van der Waals surface area contributed by atoms with E-state index in [1.165, 1.54) is 0 Å². The minimum absolute atomic E-state index is 0. The Morgan fingerprint density at radius 2 is 2.12 bits per heavy atom. The van der Waals surface area contributed by atoms with Gasteiger partial charge in [-0.1, -0.05) is 18.7 Å². The molecule has 0 spiro atoms. The number of benzene rings is 1. The van der Waals surface area contributed by atoms with Gasteiger partial charge in [0.25, 0.3) is 0 Å². The van der Waals surface area contributed by atoms with Crippen LogP contribution in [0.15, 0.2) is 37.0 Å². The Labute approximate surface area is 106 Å². The average Bonchev–Trinajstić information content (AvgIpc) is 2.36. The molecule has 1 heterocycles. The lowest BCUT2D eigenvalue weighted by Gasteiger charge is -2.09. The van der Waals surface area contributed by atoms with Gasteiger partial charge >= 0.3 is 0 Å². The lowest BCUT2D eigenvalue weighted by Crippen LogP contribution is -2.07. The molecule has 0 saturated heterocycles. The zero-order valence-corrected chi connectivity index (χ0v) is 10.3. The van der Waals surface area contributed by atoms with Gasteiger partial charge in [-0.25, -0.2) is 0 Å². The highest BCUT2D eigenvalue weighted by Crippen LogP contribution is 2.20. The van der Waals surface area contributed by atoms with Crippen molar-refractivity contribution < 1.29 is 4.48 Å². The Balaban J connectivity index is 0.00000144. The highest BCUT2D eigenvalue weighted by molar-refractivity contribution is 5.85. The molecule has 0 bridgehead atoms. The maximum absolute atomic E-state index is 12.3. The maximum atomic E-state index is 12.3. The number of nitrogens with one attached hydrogen (secondary N) is 1. The topological polar surface area (TPSA) is 24.9 Å². The van der Waals surface area contributed by atoms with Gasteiger partial charge in [0.15, 0.2) is 0 Å². The van der Waals surface area contributed by atoms with Crippen LogP contribution in [0.5, 0.6) is 0 Å². The first-order chi connectivity index (χ1) is 7.74. The zero-order chi connectivity index (χ0) is 11.5. The minimum Gasteiger partial charge on any atom is -0.256 e. The minimum atomic E-state index is -0.301. The van der Waals surface area contributed by atoms with E-state index in [9.17, 15) is 4.48 Å². The second-order valence-corrected chi connectivity index (χ2v) is 3.75. The van der Waals surface area contributed by atoms with E-state index < -0.39 is 0 Å². The summed E-state index contributed by atoms with van der Waals surface area (Å²) in [5.41, 5.74) is 3.48. The third-order valence-electron chi connectivity index (χ3n) is 2.64. The summed E-state index contributed by atoms with van der Waals surface area (Å²) in [6.45, 7) is 5.45. The summed E-state index contributed by atoms with van der Waals surface area (Å²) in [6.07, 6.45) is 3.49. The summed E-state index contributed by atoms with van der Waals surface area (Å²) in [6, 6.07) is 7.44. The highest BCUT2D eigenvalue weighted by atomic mass is 35.5. The molecule has 0 aliphatic heterocycles. The number of aromatic nitrogens is 1. The van der Waals surface area contributed by atoms with E-state index in [0.29, 0.717) is 0 Å². The van der Waals surface area contributed by atoms with Crippen LogP contribution in [0, 0.1) is 0 Å². The van der Waals surface area contributed by atoms with Crippen molar-refractivity contribution in [3.63, 3.8) is 0 Å². The van der Waals surface area contributed by atoms with Crippen molar-refractivity contribution in [2.75, 3.05) is 0 Å². The number of nitrogens with zero attached hydrogens (tertiary/aromatic N) is 1. The van der Waals surface area contributed by atoms with E-state index >= 15 is 0 Å². The Kier molecular flexibility index (Phi) is 4.61. The smallest absolute Gasteiger partial charge is 0.0630 e. The fraction of sp³-hybridized carbons (Fsp3) is 0.154. The van der Waals surface area contributed by atoms with Crippen molar-refractivity contribution in [1.29, 1.82) is 0 Å². The molecule has 4 heteroatoms. The molecule has 1 N–H and O–H groups in total. The number of rotatable bonds is 3. The maximum Gasteiger partial charge on any atom is 0.0630 e. The third kappa shape index (κ3) is 2.81. The van der Waals surface area contributed by atoms with E-state index in [0.717, 1.165) is 22.0 Å². The van der Waals surface area contributed by atoms with E-state index in [2.05, 4.69) is 11.6 Å². The van der Waals surface area contributed by atoms with Gasteiger partial charge in [-0.05, 0) is 36.1 Å². The summed E-state index contributed by atoms with van der Waals surface area (Å²) in [5.74, 6) is 0. The molecule has 2 nitrogen and oxygen atoms in total. The van der Waals surface area contributed by atoms with Crippen molar-refractivity contribution >= 4 is 29.3 Å². The van der Waals surface area contributed by atoms with Crippen LogP contribution < -0.4 is 5.54 Å². The molecular formula is C13H14ClFN2. The van der Waals surface area contributed by atoms with Gasteiger partial charge in [0, 0.05) is 11.6 Å². The van der Waals surface area contributed by atoms with Gasteiger partial charge in [0.1, 0.15) is 0 Å². The molecule has 0 fully saturated rings. The van der Waals surface area contributed by atoms with Gasteiger partial charge in [0.2, 0.25) is 0 Å². The van der Waals surface area contributed by atoms with Crippen molar-refractivity contribution in [1.82, 2.24) is 10.5 Å². The summed E-state index contributed by atoms with van der Waals surface area (Å²) >= 11 is 0. The first-order valence-electron chi connectivity index (χ1n) is 5.13. The molecule has 0 radical (unpaired) electrons. The molecular weight excluding hydrogens is 239 g/mol. The van der Waals surface area contributed by atoms with E-state index in [4.69, 9.17) is 0 Å². The Morgan fingerprint density at radius 1 is 1.35 bits per heavy atom. The standard InChI is InChI=1S/C13H13FN2.ClH/c1-3-13-7-12-6-10(9(2)16-14)4-5-11(12)8-15-13;/h3-9,16H,1H2,2H3;1H. The van der Waals surface area contributed by atoms with Crippen molar-refractivity contribution in [3.8, 4) is 0 Å². The second kappa shape index (κ2) is 5.75. The average molecular weight is 253 g/mol. The van der Waals surface area contributed by atoms with E-state index in [-0.39, 0.29) is 18.4 Å². The first kappa shape index (κ1) is 13.6. The van der Waals surface area contributed by atoms with Crippen LogP contribution in [-0.2, 0) is 0 Å². The molecule has 1 aromatic heterocycles. The first-order valence-corrected chi connectivity index (χ1v) is 5.13. The van der Waals surface area contributed by atoms with Crippen LogP contribution in [0.1, 0.15) is 24.2 Å². The predicted octanol–water partition coefficient (Wildman–Crippen LogP) is 3.83. The molecule has 90 valence electrons. The Bertz CT molecular complexity index is 528. The van der Waals surface area contributed by atoms with Crippen molar-refractivity contribution in [2.24, 2.45) is 0 Å². The van der Waals surface area contributed by atoms with Gasteiger partial charge in [-0.3, -0.25) is 4.98 Å². The summed E-state index contributed by atoms with van der Waals surface area (Å²) in [5, 5.41) is 2.09. The molecule has 1 aromatic carbocycles. The fourth-order valence-corrected chi connectivity index (χ4v) is 1.62. The SMILES string of the molecule is C=Cc1cc2cc(C(C)NF)ccc2cn1.Cl. The lowest BCUT2D eigenvalue weighted by atomic mass is 10.0. The normalized spacial score (nSPS) is 11.9. The fourth-order valence-electron chi connectivity index (χ4n) is 1.62. The lowest BCUT2D eigenvalue weighted by molar-refractivity contribution is 0.285. The van der Waals surface area contributed by atoms with Gasteiger partial charge in [-0.15, -0.1) is 16.9 Å². The monoisotopic (exact) mass is 252 g/mol. The van der Waals surface area contributed by atoms with Crippen LogP contribution >= 0.6 is 12.4 Å².